The molecule has 2 N–H and O–H groups in total. The van der Waals surface area contributed by atoms with Gasteiger partial charge in [0, 0.05) is 24.3 Å². The molecule has 0 saturated heterocycles. The van der Waals surface area contributed by atoms with Gasteiger partial charge in [0.15, 0.2) is 0 Å². The van der Waals surface area contributed by atoms with Crippen molar-refractivity contribution in [3.05, 3.63) is 58.9 Å². The molecule has 0 aliphatic heterocycles. The van der Waals surface area contributed by atoms with Crippen LogP contribution in [0.1, 0.15) is 12.0 Å². The minimum absolute atomic E-state index is 0.00849. The van der Waals surface area contributed by atoms with E-state index in [4.69, 9.17) is 11.6 Å². The minimum Gasteiger partial charge on any atom is -0.384 e. The largest absolute Gasteiger partial charge is 0.384 e. The zero-order chi connectivity index (χ0) is 15.2. The Morgan fingerprint density at radius 2 is 2.00 bits per heavy atom. The van der Waals surface area contributed by atoms with E-state index >= 15 is 0 Å². The maximum absolute atomic E-state index is 13.0. The first kappa shape index (κ1) is 15.3. The molecule has 0 atom stereocenters. The Hall–Kier alpha value is -2.07. The zero-order valence-corrected chi connectivity index (χ0v) is 12.4. The molecule has 110 valence electrons. The molecule has 0 aromatic heterocycles. The van der Waals surface area contributed by atoms with Gasteiger partial charge in [-0.3, -0.25) is 4.79 Å². The van der Waals surface area contributed by atoms with Crippen LogP contribution in [0.5, 0.6) is 0 Å². The van der Waals surface area contributed by atoms with E-state index < -0.39 is 5.82 Å². The van der Waals surface area contributed by atoms with E-state index in [1.54, 1.807) is 0 Å². The summed E-state index contributed by atoms with van der Waals surface area (Å²) in [4.78, 5) is 11.8. The third-order valence-corrected chi connectivity index (χ3v) is 3.31. The fraction of sp³-hybridized carbons (Fsp3) is 0.188. The standard InChI is InChI=1S/C16H16ClFN2O/c1-11-4-2-3-5-15(11)19-9-8-16(21)20-12-6-7-14(18)13(17)10-12/h2-7,10,19H,8-9H2,1H3,(H,20,21). The highest BCUT2D eigenvalue weighted by atomic mass is 35.5. The van der Waals surface area contributed by atoms with Gasteiger partial charge in [0.2, 0.25) is 5.91 Å². The SMILES string of the molecule is Cc1ccccc1NCCC(=O)Nc1ccc(F)c(Cl)c1. The van der Waals surface area contributed by atoms with Crippen molar-refractivity contribution >= 4 is 28.9 Å². The molecule has 2 rings (SSSR count). The van der Waals surface area contributed by atoms with Crippen LogP contribution in [0.3, 0.4) is 0 Å². The zero-order valence-electron chi connectivity index (χ0n) is 11.6. The number of aryl methyl sites for hydroxylation is 1. The third kappa shape index (κ3) is 4.46. The maximum atomic E-state index is 13.0. The lowest BCUT2D eigenvalue weighted by atomic mass is 10.2. The summed E-state index contributed by atoms with van der Waals surface area (Å²) in [5.74, 6) is -0.658. The monoisotopic (exact) mass is 306 g/mol. The molecule has 0 heterocycles. The number of carbonyl (C=O) groups excluding carboxylic acids is 1. The lowest BCUT2D eigenvalue weighted by molar-refractivity contribution is -0.115. The Morgan fingerprint density at radius 1 is 1.24 bits per heavy atom. The molecule has 0 aliphatic carbocycles. The van der Waals surface area contributed by atoms with Crippen molar-refractivity contribution in [1.29, 1.82) is 0 Å². The Balaban J connectivity index is 1.82. The van der Waals surface area contributed by atoms with Gasteiger partial charge in [0.25, 0.3) is 0 Å². The quantitative estimate of drug-likeness (QED) is 0.868. The van der Waals surface area contributed by atoms with Crippen LogP contribution in [0.25, 0.3) is 0 Å². The summed E-state index contributed by atoms with van der Waals surface area (Å²) in [5, 5.41) is 5.88. The molecule has 0 unspecified atom stereocenters. The molecule has 0 fully saturated rings. The van der Waals surface area contributed by atoms with Crippen LogP contribution in [0.2, 0.25) is 5.02 Å². The lowest BCUT2D eigenvalue weighted by Gasteiger charge is -2.09. The Kier molecular flexibility index (Phi) is 5.17. The second kappa shape index (κ2) is 7.09. The number of para-hydroxylation sites is 1. The van der Waals surface area contributed by atoms with E-state index in [2.05, 4.69) is 10.6 Å². The number of amides is 1. The van der Waals surface area contributed by atoms with E-state index in [9.17, 15) is 9.18 Å². The summed E-state index contributed by atoms with van der Waals surface area (Å²) >= 11 is 5.66. The highest BCUT2D eigenvalue weighted by Gasteiger charge is 2.05. The molecule has 1 amide bonds. The molecule has 0 bridgehead atoms. The van der Waals surface area contributed by atoms with Gasteiger partial charge in [-0.05, 0) is 36.8 Å². The first-order valence-electron chi connectivity index (χ1n) is 6.60. The van der Waals surface area contributed by atoms with Crippen molar-refractivity contribution in [2.24, 2.45) is 0 Å². The van der Waals surface area contributed by atoms with Crippen LogP contribution in [0.4, 0.5) is 15.8 Å². The molecule has 0 saturated carbocycles. The van der Waals surface area contributed by atoms with Crippen LogP contribution in [-0.2, 0) is 4.79 Å². The van der Waals surface area contributed by atoms with Gasteiger partial charge < -0.3 is 10.6 Å². The first-order valence-corrected chi connectivity index (χ1v) is 6.98. The lowest BCUT2D eigenvalue weighted by Crippen LogP contribution is -2.16. The fourth-order valence-electron chi connectivity index (χ4n) is 1.88. The van der Waals surface area contributed by atoms with E-state index in [-0.39, 0.29) is 10.9 Å². The molecule has 0 radical (unpaired) electrons. The maximum Gasteiger partial charge on any atom is 0.226 e. The summed E-state index contributed by atoms with van der Waals surface area (Å²) in [5.41, 5.74) is 2.63. The topological polar surface area (TPSA) is 41.1 Å². The van der Waals surface area contributed by atoms with Crippen LogP contribution in [-0.4, -0.2) is 12.5 Å². The Bertz CT molecular complexity index is 646. The Morgan fingerprint density at radius 3 is 2.71 bits per heavy atom. The number of hydrogen-bond acceptors (Lipinski definition) is 2. The highest BCUT2D eigenvalue weighted by molar-refractivity contribution is 6.31. The van der Waals surface area contributed by atoms with E-state index in [1.165, 1.54) is 18.2 Å². The Labute approximate surface area is 128 Å². The molecular weight excluding hydrogens is 291 g/mol. The molecule has 2 aromatic carbocycles. The summed E-state index contributed by atoms with van der Waals surface area (Å²) in [7, 11) is 0. The number of nitrogens with one attached hydrogen (secondary N) is 2. The van der Waals surface area contributed by atoms with Crippen molar-refractivity contribution in [3.8, 4) is 0 Å². The number of anilines is 2. The van der Waals surface area contributed by atoms with Gasteiger partial charge >= 0.3 is 0 Å². The number of halogens is 2. The van der Waals surface area contributed by atoms with Gasteiger partial charge in [-0.1, -0.05) is 29.8 Å². The molecule has 5 heteroatoms. The first-order chi connectivity index (χ1) is 10.1. The molecular formula is C16H16ClFN2O. The van der Waals surface area contributed by atoms with Gasteiger partial charge in [-0.15, -0.1) is 0 Å². The van der Waals surface area contributed by atoms with E-state index in [1.807, 2.05) is 31.2 Å². The molecule has 21 heavy (non-hydrogen) atoms. The van der Waals surface area contributed by atoms with Crippen molar-refractivity contribution in [3.63, 3.8) is 0 Å². The van der Waals surface area contributed by atoms with Crippen LogP contribution in [0.15, 0.2) is 42.5 Å². The number of rotatable bonds is 5. The summed E-state index contributed by atoms with van der Waals surface area (Å²) < 4.78 is 13.0. The average molecular weight is 307 g/mol. The molecule has 2 aromatic rings. The summed E-state index contributed by atoms with van der Waals surface area (Å²) in [6.07, 6.45) is 0.309. The molecule has 0 aliphatic rings. The van der Waals surface area contributed by atoms with E-state index in [0.717, 1.165) is 11.3 Å². The van der Waals surface area contributed by atoms with Crippen LogP contribution >= 0.6 is 11.6 Å². The van der Waals surface area contributed by atoms with Gasteiger partial charge in [-0.25, -0.2) is 4.39 Å². The fourth-order valence-corrected chi connectivity index (χ4v) is 2.06. The smallest absolute Gasteiger partial charge is 0.226 e. The minimum atomic E-state index is -0.504. The number of hydrogen-bond donors (Lipinski definition) is 2. The van der Waals surface area contributed by atoms with Crippen molar-refractivity contribution in [2.45, 2.75) is 13.3 Å². The molecule has 3 nitrogen and oxygen atoms in total. The van der Waals surface area contributed by atoms with Gasteiger partial charge in [0.1, 0.15) is 5.82 Å². The third-order valence-electron chi connectivity index (χ3n) is 3.02. The number of benzene rings is 2. The number of carbonyl (C=O) groups is 1. The van der Waals surface area contributed by atoms with Gasteiger partial charge in [0.05, 0.1) is 5.02 Å². The van der Waals surface area contributed by atoms with E-state index in [0.29, 0.717) is 18.7 Å². The van der Waals surface area contributed by atoms with Crippen LogP contribution < -0.4 is 10.6 Å². The molecule has 0 spiro atoms. The second-order valence-electron chi connectivity index (χ2n) is 4.67. The van der Waals surface area contributed by atoms with Crippen molar-refractivity contribution < 1.29 is 9.18 Å². The van der Waals surface area contributed by atoms with Crippen molar-refractivity contribution in [2.75, 3.05) is 17.2 Å². The average Bonchev–Trinajstić information content (AvgIpc) is 2.45. The predicted molar refractivity (Wildman–Crippen MR) is 84.3 cm³/mol. The van der Waals surface area contributed by atoms with Crippen LogP contribution in [0, 0.1) is 12.7 Å². The summed E-state index contributed by atoms with van der Waals surface area (Å²) in [6, 6.07) is 12.0. The predicted octanol–water partition coefficient (Wildman–Crippen LogP) is 4.23. The normalized spacial score (nSPS) is 10.2. The van der Waals surface area contributed by atoms with Crippen molar-refractivity contribution in [1.82, 2.24) is 0 Å². The summed E-state index contributed by atoms with van der Waals surface area (Å²) in [6.45, 7) is 2.52. The second-order valence-corrected chi connectivity index (χ2v) is 5.08. The van der Waals surface area contributed by atoms with Gasteiger partial charge in [-0.2, -0.15) is 0 Å². The highest BCUT2D eigenvalue weighted by Crippen LogP contribution is 2.19.